The molecule has 0 atom stereocenters. The van der Waals surface area contributed by atoms with Crippen molar-refractivity contribution in [2.75, 3.05) is 6.61 Å². The molecule has 82 valence electrons. The minimum absolute atomic E-state index is 0.0406. The van der Waals surface area contributed by atoms with Crippen LogP contribution in [-0.2, 0) is 17.8 Å². The van der Waals surface area contributed by atoms with Crippen LogP contribution in [0, 0.1) is 5.41 Å². The Morgan fingerprint density at radius 1 is 1.47 bits per heavy atom. The predicted octanol–water partition coefficient (Wildman–Crippen LogP) is 1.41. The summed E-state index contributed by atoms with van der Waals surface area (Å²) in [4.78, 5) is 0. The first-order valence-electron chi connectivity index (χ1n) is 4.85. The third kappa shape index (κ3) is 3.25. The normalized spacial score (nSPS) is 10.2. The van der Waals surface area contributed by atoms with Crippen molar-refractivity contribution in [3.63, 3.8) is 0 Å². The summed E-state index contributed by atoms with van der Waals surface area (Å²) in [5.74, 6) is 0.222. The van der Waals surface area contributed by atoms with E-state index in [-0.39, 0.29) is 18.0 Å². The van der Waals surface area contributed by atoms with Crippen molar-refractivity contribution in [2.45, 2.75) is 20.0 Å². The Morgan fingerprint density at radius 3 is 2.73 bits per heavy atom. The number of para-hydroxylation sites is 1. The average molecular weight is 208 g/mol. The molecule has 0 aliphatic rings. The van der Waals surface area contributed by atoms with Crippen LogP contribution in [-0.4, -0.2) is 17.5 Å². The number of ether oxygens (including phenoxy) is 1. The summed E-state index contributed by atoms with van der Waals surface area (Å²) in [6, 6.07) is 5.38. The smallest absolute Gasteiger partial charge is 0.124 e. The number of rotatable bonds is 5. The Labute approximate surface area is 89.2 Å². The van der Waals surface area contributed by atoms with Crippen LogP contribution in [0.5, 0.6) is 5.75 Å². The fraction of sp³-hybridized carbons (Fsp3) is 0.364. The Bertz CT molecular complexity index is 350. The second kappa shape index (κ2) is 5.36. The largest absolute Gasteiger partial charge is 0.507 e. The molecule has 0 spiro atoms. The first-order valence-corrected chi connectivity index (χ1v) is 4.85. The Kier molecular flexibility index (Phi) is 4.12. The summed E-state index contributed by atoms with van der Waals surface area (Å²) in [5, 5.41) is 17.0. The highest BCUT2D eigenvalue weighted by Gasteiger charge is 2.07. The van der Waals surface area contributed by atoms with E-state index in [0.717, 1.165) is 5.56 Å². The van der Waals surface area contributed by atoms with Crippen molar-refractivity contribution < 1.29 is 9.84 Å². The third-order valence-electron chi connectivity index (χ3n) is 2.05. The molecule has 0 aliphatic heterocycles. The molecule has 0 amide bonds. The molecule has 4 nitrogen and oxygen atoms in total. The number of amidine groups is 1. The van der Waals surface area contributed by atoms with Crippen LogP contribution in [0.15, 0.2) is 18.2 Å². The van der Waals surface area contributed by atoms with Crippen LogP contribution < -0.4 is 5.73 Å². The Balaban J connectivity index is 2.85. The Hall–Kier alpha value is -1.55. The molecule has 1 aromatic carbocycles. The summed E-state index contributed by atoms with van der Waals surface area (Å²) in [6.45, 7) is 2.89. The average Bonchev–Trinajstić information content (AvgIpc) is 2.19. The molecule has 0 fully saturated rings. The number of aromatic hydroxyl groups is 1. The monoisotopic (exact) mass is 208 g/mol. The van der Waals surface area contributed by atoms with Gasteiger partial charge in [-0.2, -0.15) is 0 Å². The summed E-state index contributed by atoms with van der Waals surface area (Å²) in [6.07, 6.45) is 0.270. The topological polar surface area (TPSA) is 79.3 Å². The molecule has 0 saturated carbocycles. The molecule has 0 heterocycles. The SMILES string of the molecule is CCOCc1cccc(CC(=N)N)c1O. The van der Waals surface area contributed by atoms with E-state index in [2.05, 4.69) is 0 Å². The number of benzene rings is 1. The van der Waals surface area contributed by atoms with Crippen LogP contribution in [0.1, 0.15) is 18.1 Å². The molecule has 4 heteroatoms. The van der Waals surface area contributed by atoms with Gasteiger partial charge in [0.15, 0.2) is 0 Å². The van der Waals surface area contributed by atoms with Gasteiger partial charge in [-0.25, -0.2) is 0 Å². The van der Waals surface area contributed by atoms with Gasteiger partial charge in [-0.1, -0.05) is 18.2 Å². The van der Waals surface area contributed by atoms with E-state index >= 15 is 0 Å². The quantitative estimate of drug-likeness (QED) is 0.505. The van der Waals surface area contributed by atoms with Crippen LogP contribution in [0.3, 0.4) is 0 Å². The van der Waals surface area contributed by atoms with Crippen LogP contribution >= 0.6 is 0 Å². The number of phenols is 1. The summed E-state index contributed by atoms with van der Waals surface area (Å²) < 4.78 is 5.22. The predicted molar refractivity (Wildman–Crippen MR) is 59.1 cm³/mol. The zero-order valence-corrected chi connectivity index (χ0v) is 8.79. The molecule has 1 aromatic rings. The highest BCUT2D eigenvalue weighted by molar-refractivity contribution is 5.80. The van der Waals surface area contributed by atoms with E-state index < -0.39 is 0 Å². The number of nitrogens with one attached hydrogen (secondary N) is 1. The highest BCUT2D eigenvalue weighted by atomic mass is 16.5. The molecule has 0 aromatic heterocycles. The van der Waals surface area contributed by atoms with E-state index in [4.69, 9.17) is 15.9 Å². The van der Waals surface area contributed by atoms with Crippen molar-refractivity contribution in [1.29, 1.82) is 5.41 Å². The molecule has 0 bridgehead atoms. The fourth-order valence-electron chi connectivity index (χ4n) is 1.32. The van der Waals surface area contributed by atoms with Gasteiger partial charge < -0.3 is 15.6 Å². The summed E-state index contributed by atoms with van der Waals surface area (Å²) in [5.41, 5.74) is 6.68. The van der Waals surface area contributed by atoms with E-state index in [1.807, 2.05) is 13.0 Å². The van der Waals surface area contributed by atoms with E-state index in [1.165, 1.54) is 0 Å². The number of phenolic OH excluding ortho intramolecular Hbond substituents is 1. The zero-order valence-electron chi connectivity index (χ0n) is 8.79. The van der Waals surface area contributed by atoms with E-state index in [1.54, 1.807) is 12.1 Å². The maximum absolute atomic E-state index is 9.83. The van der Waals surface area contributed by atoms with Gasteiger partial charge in [0.2, 0.25) is 0 Å². The van der Waals surface area contributed by atoms with Crippen molar-refractivity contribution >= 4 is 5.84 Å². The van der Waals surface area contributed by atoms with Gasteiger partial charge in [-0.05, 0) is 6.92 Å². The van der Waals surface area contributed by atoms with Crippen LogP contribution in [0.25, 0.3) is 0 Å². The molecule has 15 heavy (non-hydrogen) atoms. The number of nitrogens with two attached hydrogens (primary N) is 1. The lowest BCUT2D eigenvalue weighted by Crippen LogP contribution is -2.13. The van der Waals surface area contributed by atoms with Crippen LogP contribution in [0.2, 0.25) is 0 Å². The van der Waals surface area contributed by atoms with E-state index in [0.29, 0.717) is 18.8 Å². The second-order valence-corrected chi connectivity index (χ2v) is 3.26. The number of hydrogen-bond acceptors (Lipinski definition) is 3. The lowest BCUT2D eigenvalue weighted by Gasteiger charge is -2.09. The lowest BCUT2D eigenvalue weighted by molar-refractivity contribution is 0.132. The molecular weight excluding hydrogens is 192 g/mol. The minimum Gasteiger partial charge on any atom is -0.507 e. The Morgan fingerprint density at radius 2 is 2.13 bits per heavy atom. The lowest BCUT2D eigenvalue weighted by atomic mass is 10.1. The maximum atomic E-state index is 9.83. The molecule has 0 saturated heterocycles. The highest BCUT2D eigenvalue weighted by Crippen LogP contribution is 2.23. The van der Waals surface area contributed by atoms with Crippen LogP contribution in [0.4, 0.5) is 0 Å². The van der Waals surface area contributed by atoms with Gasteiger partial charge in [-0.15, -0.1) is 0 Å². The van der Waals surface area contributed by atoms with Gasteiger partial charge in [0, 0.05) is 24.2 Å². The fourth-order valence-corrected chi connectivity index (χ4v) is 1.32. The molecule has 0 aliphatic carbocycles. The van der Waals surface area contributed by atoms with Crippen molar-refractivity contribution in [2.24, 2.45) is 5.73 Å². The summed E-state index contributed by atoms with van der Waals surface area (Å²) >= 11 is 0. The van der Waals surface area contributed by atoms with Crippen molar-refractivity contribution in [3.05, 3.63) is 29.3 Å². The number of hydrogen-bond donors (Lipinski definition) is 3. The molecule has 0 radical (unpaired) electrons. The van der Waals surface area contributed by atoms with Crippen molar-refractivity contribution in [3.8, 4) is 5.75 Å². The second-order valence-electron chi connectivity index (χ2n) is 3.26. The standard InChI is InChI=1S/C11H16N2O2/c1-2-15-7-9-5-3-4-8(11(9)14)6-10(12)13/h3-5,14H,2,6-7H2,1H3,(H3,12,13). The summed E-state index contributed by atoms with van der Waals surface area (Å²) in [7, 11) is 0. The molecule has 0 unspecified atom stereocenters. The first-order chi connectivity index (χ1) is 7.15. The van der Waals surface area contributed by atoms with Gasteiger partial charge in [0.25, 0.3) is 0 Å². The molecule has 4 N–H and O–H groups in total. The third-order valence-corrected chi connectivity index (χ3v) is 2.05. The van der Waals surface area contributed by atoms with Gasteiger partial charge in [0.05, 0.1) is 12.4 Å². The van der Waals surface area contributed by atoms with Gasteiger partial charge >= 0.3 is 0 Å². The molecule has 1 rings (SSSR count). The molecular formula is C11H16N2O2. The van der Waals surface area contributed by atoms with E-state index in [9.17, 15) is 5.11 Å². The van der Waals surface area contributed by atoms with Gasteiger partial charge in [0.1, 0.15) is 5.75 Å². The van der Waals surface area contributed by atoms with Crippen molar-refractivity contribution in [1.82, 2.24) is 0 Å². The first kappa shape index (κ1) is 11.5. The minimum atomic E-state index is 0.0406. The zero-order chi connectivity index (χ0) is 11.3. The maximum Gasteiger partial charge on any atom is 0.124 e. The van der Waals surface area contributed by atoms with Gasteiger partial charge in [-0.3, -0.25) is 5.41 Å².